The molecule has 1 aliphatic rings. The first-order valence-corrected chi connectivity index (χ1v) is 6.78. The van der Waals surface area contributed by atoms with Crippen molar-refractivity contribution in [3.05, 3.63) is 23.8 Å². The fraction of sp³-hybridized carbons (Fsp3) is 0.667. The number of nitrogens with zero attached hydrogens (tertiary/aromatic N) is 1. The quantitative estimate of drug-likeness (QED) is 0.822. The van der Waals surface area contributed by atoms with E-state index in [1.807, 2.05) is 31.0 Å². The molecule has 0 heterocycles. The summed E-state index contributed by atoms with van der Waals surface area (Å²) in [6.45, 7) is 8.27. The van der Waals surface area contributed by atoms with Crippen molar-refractivity contribution >= 4 is 5.97 Å². The third kappa shape index (κ3) is 7.13. The molecule has 19 heavy (non-hydrogen) atoms. The molecule has 110 valence electrons. The molecule has 0 bridgehead atoms. The van der Waals surface area contributed by atoms with Crippen molar-refractivity contribution < 1.29 is 15.0 Å². The Kier molecular flexibility index (Phi) is 8.35. The number of carboxylic acids is 1. The van der Waals surface area contributed by atoms with E-state index in [9.17, 15) is 9.90 Å². The molecule has 0 spiro atoms. The van der Waals surface area contributed by atoms with Crippen LogP contribution in [0.2, 0.25) is 0 Å². The summed E-state index contributed by atoms with van der Waals surface area (Å²) in [4.78, 5) is 13.0. The van der Waals surface area contributed by atoms with Crippen LogP contribution in [-0.2, 0) is 4.79 Å². The van der Waals surface area contributed by atoms with Gasteiger partial charge in [-0.15, -0.1) is 0 Å². The first-order valence-electron chi connectivity index (χ1n) is 6.78. The van der Waals surface area contributed by atoms with Crippen molar-refractivity contribution in [1.29, 1.82) is 0 Å². The number of aliphatic hydroxyl groups excluding tert-OH is 1. The number of aliphatic carboxylic acids is 1. The summed E-state index contributed by atoms with van der Waals surface area (Å²) in [5.41, 5.74) is 0.907. The van der Waals surface area contributed by atoms with Gasteiger partial charge in [-0.25, -0.2) is 0 Å². The molecule has 2 N–H and O–H groups in total. The predicted octanol–water partition coefficient (Wildman–Crippen LogP) is 2.30. The van der Waals surface area contributed by atoms with Crippen LogP contribution in [-0.4, -0.2) is 46.8 Å². The van der Waals surface area contributed by atoms with Crippen molar-refractivity contribution in [1.82, 2.24) is 4.90 Å². The van der Waals surface area contributed by atoms with Gasteiger partial charge >= 0.3 is 5.97 Å². The minimum Gasteiger partial charge on any atom is -0.480 e. The van der Waals surface area contributed by atoms with Crippen LogP contribution < -0.4 is 0 Å². The maximum atomic E-state index is 11.2. The van der Waals surface area contributed by atoms with Crippen LogP contribution in [0.3, 0.4) is 0 Å². The average molecular weight is 269 g/mol. The summed E-state index contributed by atoms with van der Waals surface area (Å²) in [7, 11) is 1.84. The van der Waals surface area contributed by atoms with E-state index in [1.165, 1.54) is 0 Å². The normalized spacial score (nSPS) is 19.8. The zero-order chi connectivity index (χ0) is 15.0. The van der Waals surface area contributed by atoms with E-state index in [2.05, 4.69) is 13.0 Å². The molecule has 1 aliphatic carbocycles. The van der Waals surface area contributed by atoms with Crippen LogP contribution in [0.1, 0.15) is 34.1 Å². The molecule has 1 rings (SSSR count). The fourth-order valence-corrected chi connectivity index (χ4v) is 1.71. The molecule has 0 aromatic rings. The SMILES string of the molecule is CC(C)O.CCN(C)C(C(=O)O)C1=CCC(C)C=C1. The third-order valence-electron chi connectivity index (χ3n) is 2.83. The second-order valence-electron chi connectivity index (χ2n) is 5.18. The highest BCUT2D eigenvalue weighted by Gasteiger charge is 2.25. The summed E-state index contributed by atoms with van der Waals surface area (Å²) in [6, 6.07) is -0.501. The van der Waals surface area contributed by atoms with E-state index in [0.29, 0.717) is 5.92 Å². The Morgan fingerprint density at radius 2 is 2.05 bits per heavy atom. The second kappa shape index (κ2) is 8.88. The zero-order valence-corrected chi connectivity index (χ0v) is 12.6. The van der Waals surface area contributed by atoms with Crippen molar-refractivity contribution in [2.45, 2.75) is 46.3 Å². The van der Waals surface area contributed by atoms with Gasteiger partial charge in [-0.05, 0) is 45.4 Å². The number of carboxylic acid groups (broad SMARTS) is 1. The molecule has 0 saturated heterocycles. The molecular formula is C15H27NO3. The molecule has 0 aliphatic heterocycles. The maximum absolute atomic E-state index is 11.2. The number of carbonyl (C=O) groups is 1. The molecule has 2 atom stereocenters. The van der Waals surface area contributed by atoms with Gasteiger partial charge in [0.1, 0.15) is 6.04 Å². The van der Waals surface area contributed by atoms with Crippen LogP contribution in [0.4, 0.5) is 0 Å². The lowest BCUT2D eigenvalue weighted by Crippen LogP contribution is -2.39. The van der Waals surface area contributed by atoms with Crippen molar-refractivity contribution in [3.8, 4) is 0 Å². The number of aliphatic hydroxyl groups is 1. The molecule has 0 saturated carbocycles. The van der Waals surface area contributed by atoms with Crippen LogP contribution in [0.15, 0.2) is 23.8 Å². The summed E-state index contributed by atoms with van der Waals surface area (Å²) >= 11 is 0. The van der Waals surface area contributed by atoms with Gasteiger partial charge in [0.2, 0.25) is 0 Å². The summed E-state index contributed by atoms with van der Waals surface area (Å²) < 4.78 is 0. The molecule has 0 fully saturated rings. The van der Waals surface area contributed by atoms with E-state index >= 15 is 0 Å². The van der Waals surface area contributed by atoms with Gasteiger partial charge in [0, 0.05) is 6.10 Å². The zero-order valence-electron chi connectivity index (χ0n) is 12.6. The molecular weight excluding hydrogens is 242 g/mol. The number of allylic oxidation sites excluding steroid dienone is 2. The van der Waals surface area contributed by atoms with E-state index < -0.39 is 12.0 Å². The third-order valence-corrected chi connectivity index (χ3v) is 2.83. The first-order chi connectivity index (χ1) is 8.79. The molecule has 0 aromatic carbocycles. The Hall–Kier alpha value is -1.13. The number of hydrogen-bond acceptors (Lipinski definition) is 3. The van der Waals surface area contributed by atoms with Crippen LogP contribution in [0, 0.1) is 5.92 Å². The molecule has 4 nitrogen and oxygen atoms in total. The number of likely N-dealkylation sites (N-methyl/N-ethyl adjacent to an activating group) is 1. The molecule has 0 aromatic heterocycles. The lowest BCUT2D eigenvalue weighted by Gasteiger charge is -2.26. The summed E-state index contributed by atoms with van der Waals surface area (Å²) in [5, 5.41) is 17.2. The van der Waals surface area contributed by atoms with Gasteiger partial charge in [-0.2, -0.15) is 0 Å². The molecule has 0 amide bonds. The standard InChI is InChI=1S/C12H19NO2.C3H8O/c1-4-13(3)11(12(14)15)10-7-5-9(2)6-8-10;1-3(2)4/h5,7-9,11H,4,6H2,1-3H3,(H,14,15);3-4H,1-2H3. The molecule has 2 unspecified atom stereocenters. The van der Waals surface area contributed by atoms with Crippen molar-refractivity contribution in [3.63, 3.8) is 0 Å². The first kappa shape index (κ1) is 17.9. The lowest BCUT2D eigenvalue weighted by molar-refractivity contribution is -0.141. The lowest BCUT2D eigenvalue weighted by atomic mass is 9.94. The van der Waals surface area contributed by atoms with Gasteiger partial charge in [0.25, 0.3) is 0 Å². The number of rotatable bonds is 4. The van der Waals surface area contributed by atoms with Gasteiger partial charge in [0.15, 0.2) is 0 Å². The van der Waals surface area contributed by atoms with E-state index in [1.54, 1.807) is 13.8 Å². The number of hydrogen-bond donors (Lipinski definition) is 2. The summed E-state index contributed by atoms with van der Waals surface area (Å²) in [5.74, 6) is -0.250. The minimum atomic E-state index is -0.773. The Morgan fingerprint density at radius 3 is 2.37 bits per heavy atom. The van der Waals surface area contributed by atoms with Crippen molar-refractivity contribution in [2.75, 3.05) is 13.6 Å². The van der Waals surface area contributed by atoms with Crippen LogP contribution in [0.5, 0.6) is 0 Å². The monoisotopic (exact) mass is 269 g/mol. The topological polar surface area (TPSA) is 60.8 Å². The van der Waals surface area contributed by atoms with Gasteiger partial charge in [0.05, 0.1) is 0 Å². The molecule has 0 radical (unpaired) electrons. The van der Waals surface area contributed by atoms with E-state index in [0.717, 1.165) is 18.5 Å². The van der Waals surface area contributed by atoms with Gasteiger partial charge in [-0.1, -0.05) is 32.1 Å². The Balaban J connectivity index is 0.000000711. The van der Waals surface area contributed by atoms with Crippen LogP contribution in [0.25, 0.3) is 0 Å². The van der Waals surface area contributed by atoms with E-state index in [-0.39, 0.29) is 6.10 Å². The fourth-order valence-electron chi connectivity index (χ4n) is 1.71. The predicted molar refractivity (Wildman–Crippen MR) is 78.1 cm³/mol. The Bertz CT molecular complexity index is 332. The molecule has 4 heteroatoms. The Labute approximate surface area is 116 Å². The smallest absolute Gasteiger partial charge is 0.325 e. The van der Waals surface area contributed by atoms with Gasteiger partial charge in [-0.3, -0.25) is 9.69 Å². The highest BCUT2D eigenvalue weighted by molar-refractivity contribution is 5.78. The largest absolute Gasteiger partial charge is 0.480 e. The van der Waals surface area contributed by atoms with Crippen LogP contribution >= 0.6 is 0 Å². The minimum absolute atomic E-state index is 0.167. The highest BCUT2D eigenvalue weighted by Crippen LogP contribution is 2.20. The van der Waals surface area contributed by atoms with Gasteiger partial charge < -0.3 is 10.2 Å². The average Bonchev–Trinajstić information content (AvgIpc) is 2.30. The summed E-state index contributed by atoms with van der Waals surface area (Å²) in [6.07, 6.45) is 6.83. The highest BCUT2D eigenvalue weighted by atomic mass is 16.4. The van der Waals surface area contributed by atoms with E-state index in [4.69, 9.17) is 5.11 Å². The maximum Gasteiger partial charge on any atom is 0.325 e. The second-order valence-corrected chi connectivity index (χ2v) is 5.18. The Morgan fingerprint density at radius 1 is 1.53 bits per heavy atom. The van der Waals surface area contributed by atoms with Crippen molar-refractivity contribution in [2.24, 2.45) is 5.92 Å².